The zero-order chi connectivity index (χ0) is 10.8. The number of carbonyl (C=O) groups excluding carboxylic acids is 1. The van der Waals surface area contributed by atoms with Crippen molar-refractivity contribution in [2.75, 3.05) is 0 Å². The minimum absolute atomic E-state index is 0.369. The third-order valence-corrected chi connectivity index (χ3v) is 2.21. The molecule has 0 fully saturated rings. The summed E-state index contributed by atoms with van der Waals surface area (Å²) in [5, 5.41) is 0.456. The lowest BCUT2D eigenvalue weighted by Gasteiger charge is -2.01. The molecule has 0 saturated heterocycles. The van der Waals surface area contributed by atoms with Crippen molar-refractivity contribution in [2.24, 2.45) is 5.73 Å². The molecule has 1 amide bonds. The molecule has 15 heavy (non-hydrogen) atoms. The van der Waals surface area contributed by atoms with Crippen molar-refractivity contribution in [1.82, 2.24) is 0 Å². The normalized spacial score (nSPS) is 10.2. The van der Waals surface area contributed by atoms with E-state index >= 15 is 0 Å². The summed E-state index contributed by atoms with van der Waals surface area (Å²) in [5.74, 6) is 0.144. The van der Waals surface area contributed by atoms with Crippen molar-refractivity contribution in [1.29, 1.82) is 0 Å². The first-order valence-corrected chi connectivity index (χ1v) is 4.69. The van der Waals surface area contributed by atoms with Crippen LogP contribution in [0.3, 0.4) is 0 Å². The number of carbonyl (C=O) groups is 1. The molecule has 4 heteroatoms. The fraction of sp³-hybridized carbons (Fsp3) is 0. The van der Waals surface area contributed by atoms with E-state index in [2.05, 4.69) is 0 Å². The third kappa shape index (κ3) is 2.02. The van der Waals surface area contributed by atoms with Crippen LogP contribution in [0.4, 0.5) is 0 Å². The van der Waals surface area contributed by atoms with E-state index in [0.717, 1.165) is 5.56 Å². The molecule has 2 aromatic rings. The summed E-state index contributed by atoms with van der Waals surface area (Å²) >= 11 is 5.86. The second-order valence-electron chi connectivity index (χ2n) is 3.07. The molecule has 0 spiro atoms. The summed E-state index contributed by atoms with van der Waals surface area (Å²) in [6.07, 6.45) is 1.56. The van der Waals surface area contributed by atoms with E-state index in [0.29, 0.717) is 16.3 Å². The predicted octanol–water partition coefficient (Wildman–Crippen LogP) is 2.70. The van der Waals surface area contributed by atoms with E-state index in [1.54, 1.807) is 30.5 Å². The molecule has 0 aliphatic heterocycles. The van der Waals surface area contributed by atoms with Crippen molar-refractivity contribution in [3.05, 3.63) is 47.2 Å². The summed E-state index contributed by atoms with van der Waals surface area (Å²) in [7, 11) is 0. The van der Waals surface area contributed by atoms with Gasteiger partial charge in [-0.1, -0.05) is 11.6 Å². The number of primary amides is 1. The fourth-order valence-electron chi connectivity index (χ4n) is 1.32. The number of hydrogen-bond acceptors (Lipinski definition) is 2. The Morgan fingerprint density at radius 2 is 2.13 bits per heavy atom. The summed E-state index contributed by atoms with van der Waals surface area (Å²) in [4.78, 5) is 11.0. The van der Waals surface area contributed by atoms with E-state index in [1.165, 1.54) is 6.07 Å². The number of halogens is 1. The molecule has 1 heterocycles. The number of nitrogens with two attached hydrogens (primary N) is 1. The molecule has 0 radical (unpaired) electrons. The first-order valence-electron chi connectivity index (χ1n) is 4.31. The molecule has 2 rings (SSSR count). The second-order valence-corrected chi connectivity index (χ2v) is 3.51. The largest absolute Gasteiger partial charge is 0.464 e. The lowest BCUT2D eigenvalue weighted by molar-refractivity contribution is 0.100. The monoisotopic (exact) mass is 221 g/mol. The number of hydrogen-bond donors (Lipinski definition) is 1. The molecule has 0 aliphatic rings. The quantitative estimate of drug-likeness (QED) is 0.848. The number of benzene rings is 1. The van der Waals surface area contributed by atoms with Crippen LogP contribution in [-0.4, -0.2) is 5.91 Å². The van der Waals surface area contributed by atoms with Gasteiger partial charge >= 0.3 is 0 Å². The molecule has 1 aromatic carbocycles. The van der Waals surface area contributed by atoms with Crippen LogP contribution in [0.15, 0.2) is 41.0 Å². The van der Waals surface area contributed by atoms with Crippen LogP contribution in [0.2, 0.25) is 5.02 Å². The van der Waals surface area contributed by atoms with Gasteiger partial charge in [0.1, 0.15) is 5.76 Å². The Bertz CT molecular complexity index is 491. The van der Waals surface area contributed by atoms with Crippen LogP contribution < -0.4 is 5.73 Å². The zero-order valence-corrected chi connectivity index (χ0v) is 8.49. The minimum atomic E-state index is -0.509. The number of rotatable bonds is 2. The van der Waals surface area contributed by atoms with Gasteiger partial charge in [0.25, 0.3) is 0 Å². The minimum Gasteiger partial charge on any atom is -0.464 e. The molecule has 0 bridgehead atoms. The highest BCUT2D eigenvalue weighted by molar-refractivity contribution is 6.31. The van der Waals surface area contributed by atoms with Crippen LogP contribution in [0.25, 0.3) is 11.3 Å². The Kier molecular flexibility index (Phi) is 2.47. The van der Waals surface area contributed by atoms with Crippen molar-refractivity contribution < 1.29 is 9.21 Å². The Balaban J connectivity index is 2.54. The maximum Gasteiger partial charge on any atom is 0.248 e. The number of furan rings is 1. The first kappa shape index (κ1) is 9.80. The van der Waals surface area contributed by atoms with Gasteiger partial charge in [-0.15, -0.1) is 0 Å². The molecule has 0 atom stereocenters. The van der Waals surface area contributed by atoms with Crippen LogP contribution in [0.5, 0.6) is 0 Å². The van der Waals surface area contributed by atoms with Crippen LogP contribution in [0, 0.1) is 0 Å². The van der Waals surface area contributed by atoms with Gasteiger partial charge in [0.15, 0.2) is 0 Å². The Hall–Kier alpha value is -1.74. The van der Waals surface area contributed by atoms with Crippen molar-refractivity contribution in [2.45, 2.75) is 0 Å². The van der Waals surface area contributed by atoms with Gasteiger partial charge in [-0.3, -0.25) is 4.79 Å². The highest BCUT2D eigenvalue weighted by Gasteiger charge is 2.07. The van der Waals surface area contributed by atoms with E-state index in [9.17, 15) is 4.79 Å². The molecule has 3 nitrogen and oxygen atoms in total. The van der Waals surface area contributed by atoms with Crippen LogP contribution in [-0.2, 0) is 0 Å². The molecule has 2 N–H and O–H groups in total. The molecule has 0 unspecified atom stereocenters. The second kappa shape index (κ2) is 3.79. The highest BCUT2D eigenvalue weighted by Crippen LogP contribution is 2.24. The first-order chi connectivity index (χ1) is 7.16. The SMILES string of the molecule is NC(=O)c1cc(Cl)cc(-c2ccco2)c1. The molecular weight excluding hydrogens is 214 g/mol. The smallest absolute Gasteiger partial charge is 0.248 e. The lowest BCUT2D eigenvalue weighted by Crippen LogP contribution is -2.10. The van der Waals surface area contributed by atoms with E-state index in [1.807, 2.05) is 0 Å². The summed E-state index contributed by atoms with van der Waals surface area (Å²) in [6.45, 7) is 0. The standard InChI is InChI=1S/C11H8ClNO2/c12-9-5-7(10-2-1-3-15-10)4-8(6-9)11(13)14/h1-6H,(H2,13,14). The Morgan fingerprint density at radius 3 is 2.73 bits per heavy atom. The van der Waals surface area contributed by atoms with E-state index < -0.39 is 5.91 Å². The molecular formula is C11H8ClNO2. The summed E-state index contributed by atoms with van der Waals surface area (Å²) in [6, 6.07) is 8.44. The Labute approximate surface area is 91.5 Å². The van der Waals surface area contributed by atoms with Crippen molar-refractivity contribution >= 4 is 17.5 Å². The summed E-state index contributed by atoms with van der Waals surface area (Å²) in [5.41, 5.74) is 6.28. The van der Waals surface area contributed by atoms with Gasteiger partial charge in [0.2, 0.25) is 5.91 Å². The third-order valence-electron chi connectivity index (χ3n) is 1.99. The molecule has 0 aliphatic carbocycles. The highest BCUT2D eigenvalue weighted by atomic mass is 35.5. The fourth-order valence-corrected chi connectivity index (χ4v) is 1.55. The molecule has 1 aromatic heterocycles. The van der Waals surface area contributed by atoms with Crippen LogP contribution in [0.1, 0.15) is 10.4 Å². The Morgan fingerprint density at radius 1 is 1.33 bits per heavy atom. The van der Waals surface area contributed by atoms with E-state index in [4.69, 9.17) is 21.8 Å². The van der Waals surface area contributed by atoms with E-state index in [-0.39, 0.29) is 0 Å². The van der Waals surface area contributed by atoms with Gasteiger partial charge < -0.3 is 10.2 Å². The number of amides is 1. The maximum absolute atomic E-state index is 11.0. The maximum atomic E-state index is 11.0. The van der Waals surface area contributed by atoms with Gasteiger partial charge in [-0.05, 0) is 30.3 Å². The average Bonchev–Trinajstić information content (AvgIpc) is 2.69. The zero-order valence-electron chi connectivity index (χ0n) is 7.74. The van der Waals surface area contributed by atoms with Crippen molar-refractivity contribution in [3.8, 4) is 11.3 Å². The molecule has 0 saturated carbocycles. The van der Waals surface area contributed by atoms with Gasteiger partial charge in [-0.2, -0.15) is 0 Å². The van der Waals surface area contributed by atoms with Gasteiger partial charge in [0, 0.05) is 16.1 Å². The van der Waals surface area contributed by atoms with Gasteiger partial charge in [-0.25, -0.2) is 0 Å². The van der Waals surface area contributed by atoms with Crippen LogP contribution >= 0.6 is 11.6 Å². The molecule has 76 valence electrons. The average molecular weight is 222 g/mol. The summed E-state index contributed by atoms with van der Waals surface area (Å²) < 4.78 is 5.20. The predicted molar refractivity (Wildman–Crippen MR) is 57.7 cm³/mol. The van der Waals surface area contributed by atoms with Gasteiger partial charge in [0.05, 0.1) is 6.26 Å². The lowest BCUT2D eigenvalue weighted by atomic mass is 10.1. The van der Waals surface area contributed by atoms with Crippen molar-refractivity contribution in [3.63, 3.8) is 0 Å². The topological polar surface area (TPSA) is 56.2 Å².